The molecule has 33 heavy (non-hydrogen) atoms. The van der Waals surface area contributed by atoms with Crippen molar-refractivity contribution in [2.45, 2.75) is 19.5 Å². The number of carbonyl (C=O) groups excluding carboxylic acids is 3. The second-order valence-electron chi connectivity index (χ2n) is 7.44. The maximum Gasteiger partial charge on any atom is 0.387 e. The van der Waals surface area contributed by atoms with Gasteiger partial charge in [-0.3, -0.25) is 14.4 Å². The van der Waals surface area contributed by atoms with Crippen molar-refractivity contribution in [1.82, 2.24) is 10.2 Å². The van der Waals surface area contributed by atoms with Gasteiger partial charge in [-0.05, 0) is 43.2 Å². The van der Waals surface area contributed by atoms with Crippen molar-refractivity contribution < 1.29 is 32.6 Å². The predicted molar refractivity (Wildman–Crippen MR) is 116 cm³/mol. The van der Waals surface area contributed by atoms with Gasteiger partial charge in [0.15, 0.2) is 11.5 Å². The number of benzene rings is 2. The van der Waals surface area contributed by atoms with E-state index in [1.807, 2.05) is 30.3 Å². The Morgan fingerprint density at radius 2 is 1.76 bits per heavy atom. The first-order valence-electron chi connectivity index (χ1n) is 10.4. The summed E-state index contributed by atoms with van der Waals surface area (Å²) in [6.07, 6.45) is 1.06. The van der Waals surface area contributed by atoms with Crippen LogP contribution in [0.1, 0.15) is 23.2 Å². The second kappa shape index (κ2) is 11.3. The van der Waals surface area contributed by atoms with E-state index in [0.29, 0.717) is 25.9 Å². The first-order valence-corrected chi connectivity index (χ1v) is 10.4. The van der Waals surface area contributed by atoms with Crippen molar-refractivity contribution in [3.63, 3.8) is 0 Å². The Balaban J connectivity index is 1.46. The van der Waals surface area contributed by atoms with Gasteiger partial charge in [-0.15, -0.1) is 0 Å². The molecule has 0 unspecified atom stereocenters. The molecule has 0 aliphatic carbocycles. The number of ether oxygens (including phenoxy) is 2. The summed E-state index contributed by atoms with van der Waals surface area (Å²) in [6.45, 7) is -2.42. The van der Waals surface area contributed by atoms with E-state index in [1.54, 1.807) is 4.90 Å². The van der Waals surface area contributed by atoms with Gasteiger partial charge in [-0.25, -0.2) is 0 Å². The van der Waals surface area contributed by atoms with E-state index in [9.17, 15) is 23.2 Å². The lowest BCUT2D eigenvalue weighted by Crippen LogP contribution is -2.45. The van der Waals surface area contributed by atoms with Crippen LogP contribution in [-0.4, -0.2) is 56.0 Å². The van der Waals surface area contributed by atoms with Crippen LogP contribution in [0.15, 0.2) is 48.5 Å². The molecule has 0 radical (unpaired) electrons. The zero-order valence-corrected chi connectivity index (χ0v) is 18.1. The smallest absolute Gasteiger partial charge is 0.387 e. The normalized spacial score (nSPS) is 14.0. The first kappa shape index (κ1) is 24.0. The van der Waals surface area contributed by atoms with Crippen LogP contribution in [0, 0.1) is 5.92 Å². The molecule has 1 saturated heterocycles. The number of rotatable bonds is 8. The quantitative estimate of drug-likeness (QED) is 0.630. The maximum atomic E-state index is 12.5. The molecule has 2 N–H and O–H groups in total. The van der Waals surface area contributed by atoms with Crippen molar-refractivity contribution in [3.8, 4) is 11.5 Å². The van der Waals surface area contributed by atoms with Gasteiger partial charge in [0, 0.05) is 30.3 Å². The molecule has 0 saturated carbocycles. The molecular weight excluding hydrogens is 436 g/mol. The van der Waals surface area contributed by atoms with Gasteiger partial charge < -0.3 is 25.0 Å². The van der Waals surface area contributed by atoms with Crippen molar-refractivity contribution in [3.05, 3.63) is 54.1 Å². The predicted octanol–water partition coefficient (Wildman–Crippen LogP) is 2.90. The molecule has 0 aromatic heterocycles. The molecule has 2 aromatic carbocycles. The first-order chi connectivity index (χ1) is 15.9. The number of alkyl halides is 2. The molecule has 0 atom stereocenters. The molecular formula is C23H25F2N3O5. The van der Waals surface area contributed by atoms with E-state index in [2.05, 4.69) is 15.4 Å². The number of halogens is 2. The maximum absolute atomic E-state index is 12.5. The zero-order chi connectivity index (χ0) is 23.8. The monoisotopic (exact) mass is 461 g/mol. The molecule has 1 fully saturated rings. The molecule has 1 heterocycles. The molecule has 8 nitrogen and oxygen atoms in total. The van der Waals surface area contributed by atoms with Crippen molar-refractivity contribution in [1.29, 1.82) is 0 Å². The summed E-state index contributed by atoms with van der Waals surface area (Å²) >= 11 is 0. The Bertz CT molecular complexity index is 979. The van der Waals surface area contributed by atoms with Crippen LogP contribution in [0.25, 0.3) is 0 Å². The fourth-order valence-electron chi connectivity index (χ4n) is 3.53. The number of carbonyl (C=O) groups is 3. The van der Waals surface area contributed by atoms with Gasteiger partial charge in [0.1, 0.15) is 0 Å². The van der Waals surface area contributed by atoms with Crippen LogP contribution in [0.3, 0.4) is 0 Å². The third-order valence-corrected chi connectivity index (χ3v) is 5.30. The highest BCUT2D eigenvalue weighted by molar-refractivity contribution is 5.97. The molecule has 176 valence electrons. The van der Waals surface area contributed by atoms with E-state index in [-0.39, 0.29) is 41.3 Å². The van der Waals surface area contributed by atoms with Crippen molar-refractivity contribution in [2.24, 2.45) is 5.92 Å². The summed E-state index contributed by atoms with van der Waals surface area (Å²) in [5, 5.41) is 5.40. The van der Waals surface area contributed by atoms with Crippen LogP contribution in [0.4, 0.5) is 14.5 Å². The number of nitrogens with one attached hydrogen (secondary N) is 2. The Hall–Kier alpha value is -3.69. The molecule has 3 rings (SSSR count). The molecule has 0 spiro atoms. The van der Waals surface area contributed by atoms with E-state index >= 15 is 0 Å². The minimum atomic E-state index is -3.02. The van der Waals surface area contributed by atoms with E-state index in [1.165, 1.54) is 25.3 Å². The van der Waals surface area contributed by atoms with E-state index in [4.69, 9.17) is 4.74 Å². The van der Waals surface area contributed by atoms with Gasteiger partial charge in [-0.2, -0.15) is 8.78 Å². The Kier molecular flexibility index (Phi) is 8.17. The lowest BCUT2D eigenvalue weighted by atomic mass is 9.95. The lowest BCUT2D eigenvalue weighted by Gasteiger charge is -2.31. The number of amides is 3. The number of anilines is 1. The molecule has 0 bridgehead atoms. The van der Waals surface area contributed by atoms with Gasteiger partial charge in [0.2, 0.25) is 11.8 Å². The number of hydrogen-bond acceptors (Lipinski definition) is 5. The van der Waals surface area contributed by atoms with Crippen LogP contribution in [0.5, 0.6) is 11.5 Å². The lowest BCUT2D eigenvalue weighted by molar-refractivity contribution is -0.133. The fourth-order valence-corrected chi connectivity index (χ4v) is 3.53. The summed E-state index contributed by atoms with van der Waals surface area (Å²) in [7, 11) is 1.27. The van der Waals surface area contributed by atoms with Crippen LogP contribution >= 0.6 is 0 Å². The van der Waals surface area contributed by atoms with Gasteiger partial charge in [0.05, 0.1) is 13.7 Å². The Morgan fingerprint density at radius 3 is 2.39 bits per heavy atom. The molecule has 1 aliphatic heterocycles. The highest BCUT2D eigenvalue weighted by atomic mass is 19.3. The highest BCUT2D eigenvalue weighted by Crippen LogP contribution is 2.29. The van der Waals surface area contributed by atoms with Crippen LogP contribution in [-0.2, 0) is 9.59 Å². The minimum absolute atomic E-state index is 0.0230. The van der Waals surface area contributed by atoms with Gasteiger partial charge in [-0.1, -0.05) is 18.2 Å². The Morgan fingerprint density at radius 1 is 1.06 bits per heavy atom. The van der Waals surface area contributed by atoms with Gasteiger partial charge >= 0.3 is 6.61 Å². The summed E-state index contributed by atoms with van der Waals surface area (Å²) in [5.41, 5.74) is 0.867. The Labute approximate surface area is 189 Å². The molecule has 1 aliphatic rings. The number of hydrogen-bond donors (Lipinski definition) is 2. The summed E-state index contributed by atoms with van der Waals surface area (Å²) in [4.78, 5) is 38.9. The van der Waals surface area contributed by atoms with E-state index < -0.39 is 12.5 Å². The third-order valence-electron chi connectivity index (χ3n) is 5.30. The number of para-hydroxylation sites is 1. The standard InChI is InChI=1S/C23H25F2N3O5/c1-32-19-13-16(7-8-18(19)33-23(24)25)21(30)26-14-20(29)28-11-9-15(10-12-28)22(31)27-17-5-3-2-4-6-17/h2-8,13,15,23H,9-12,14H2,1H3,(H,26,30)(H,27,31). The molecule has 2 aromatic rings. The number of methoxy groups -OCH3 is 1. The topological polar surface area (TPSA) is 97.0 Å². The summed E-state index contributed by atoms with van der Waals surface area (Å²) in [6, 6.07) is 12.9. The van der Waals surface area contributed by atoms with E-state index in [0.717, 1.165) is 5.69 Å². The summed E-state index contributed by atoms with van der Waals surface area (Å²) < 4.78 is 34.2. The summed E-state index contributed by atoms with van der Waals surface area (Å²) in [5.74, 6) is -1.30. The van der Waals surface area contributed by atoms with Crippen molar-refractivity contribution >= 4 is 23.4 Å². The zero-order valence-electron chi connectivity index (χ0n) is 18.1. The number of nitrogens with zero attached hydrogens (tertiary/aromatic N) is 1. The highest BCUT2D eigenvalue weighted by Gasteiger charge is 2.27. The van der Waals surface area contributed by atoms with Crippen LogP contribution < -0.4 is 20.1 Å². The molecule has 3 amide bonds. The average molecular weight is 461 g/mol. The molecule has 10 heteroatoms. The van der Waals surface area contributed by atoms with Crippen LogP contribution in [0.2, 0.25) is 0 Å². The number of piperidine rings is 1. The largest absolute Gasteiger partial charge is 0.493 e. The SMILES string of the molecule is COc1cc(C(=O)NCC(=O)N2CCC(C(=O)Nc3ccccc3)CC2)ccc1OC(F)F. The fraction of sp³-hybridized carbons (Fsp3) is 0.348. The minimum Gasteiger partial charge on any atom is -0.493 e. The second-order valence-corrected chi connectivity index (χ2v) is 7.44. The third kappa shape index (κ3) is 6.64. The van der Waals surface area contributed by atoms with Crippen molar-refractivity contribution in [2.75, 3.05) is 32.1 Å². The van der Waals surface area contributed by atoms with Gasteiger partial charge in [0.25, 0.3) is 5.91 Å². The number of likely N-dealkylation sites (tertiary alicyclic amines) is 1. The average Bonchev–Trinajstić information content (AvgIpc) is 2.83.